The number of ether oxygens (including phenoxy) is 2. The van der Waals surface area contributed by atoms with Crippen molar-refractivity contribution in [2.24, 2.45) is 0 Å². The van der Waals surface area contributed by atoms with Crippen molar-refractivity contribution >= 4 is 15.7 Å². The van der Waals surface area contributed by atoms with Crippen molar-refractivity contribution in [3.8, 4) is 11.5 Å². The summed E-state index contributed by atoms with van der Waals surface area (Å²) in [5.74, 6) is 0.0143. The van der Waals surface area contributed by atoms with E-state index in [2.05, 4.69) is 4.72 Å². The third-order valence-corrected chi connectivity index (χ3v) is 4.49. The van der Waals surface area contributed by atoms with Crippen LogP contribution in [0.5, 0.6) is 11.5 Å². The highest BCUT2D eigenvalue weighted by molar-refractivity contribution is 7.92. The van der Waals surface area contributed by atoms with E-state index < -0.39 is 15.8 Å². The lowest BCUT2D eigenvalue weighted by atomic mass is 10.2. The first-order valence-corrected chi connectivity index (χ1v) is 7.86. The first-order valence-electron chi connectivity index (χ1n) is 6.38. The molecule has 0 radical (unpaired) electrons. The van der Waals surface area contributed by atoms with E-state index in [0.717, 1.165) is 6.07 Å². The van der Waals surface area contributed by atoms with Crippen molar-refractivity contribution in [1.82, 2.24) is 0 Å². The number of hydrogen-bond acceptors (Lipinski definition) is 4. The average molecular weight is 325 g/mol. The molecule has 0 aliphatic heterocycles. The smallest absolute Gasteiger partial charge is 0.265 e. The van der Waals surface area contributed by atoms with Gasteiger partial charge in [-0.15, -0.1) is 0 Å². The van der Waals surface area contributed by atoms with Gasteiger partial charge in [0.2, 0.25) is 0 Å². The van der Waals surface area contributed by atoms with E-state index in [-0.39, 0.29) is 16.3 Å². The summed E-state index contributed by atoms with van der Waals surface area (Å²) in [6.07, 6.45) is 0. The summed E-state index contributed by atoms with van der Waals surface area (Å²) in [5, 5.41) is 0. The fourth-order valence-electron chi connectivity index (χ4n) is 1.90. The van der Waals surface area contributed by atoms with E-state index in [1.54, 1.807) is 13.0 Å². The zero-order valence-electron chi connectivity index (χ0n) is 12.4. The number of sulfonamides is 1. The van der Waals surface area contributed by atoms with Crippen LogP contribution in [0, 0.1) is 12.7 Å². The Labute approximate surface area is 128 Å². The second-order valence-electron chi connectivity index (χ2n) is 4.58. The Bertz CT molecular complexity index is 790. The number of anilines is 1. The molecule has 1 N–H and O–H groups in total. The summed E-state index contributed by atoms with van der Waals surface area (Å²) in [5.41, 5.74) is 0.775. The van der Waals surface area contributed by atoms with Crippen molar-refractivity contribution in [3.63, 3.8) is 0 Å². The molecule has 0 aromatic heterocycles. The maximum Gasteiger partial charge on any atom is 0.265 e. The molecule has 0 unspecified atom stereocenters. The van der Waals surface area contributed by atoms with E-state index in [1.807, 2.05) is 0 Å². The van der Waals surface area contributed by atoms with Crippen LogP contribution in [0.3, 0.4) is 0 Å². The Morgan fingerprint density at radius 2 is 1.77 bits per heavy atom. The number of nitrogens with one attached hydrogen (secondary N) is 1. The second kappa shape index (κ2) is 6.23. The normalized spacial score (nSPS) is 11.1. The molecule has 0 spiro atoms. The maximum atomic E-state index is 13.3. The van der Waals surface area contributed by atoms with Crippen LogP contribution < -0.4 is 14.2 Å². The molecule has 0 aliphatic carbocycles. The lowest BCUT2D eigenvalue weighted by Gasteiger charge is -2.14. The molecule has 0 bridgehead atoms. The first-order chi connectivity index (χ1) is 10.4. The van der Waals surface area contributed by atoms with Gasteiger partial charge in [-0.25, -0.2) is 12.8 Å². The number of methoxy groups -OCH3 is 2. The van der Waals surface area contributed by atoms with E-state index in [0.29, 0.717) is 11.3 Å². The summed E-state index contributed by atoms with van der Waals surface area (Å²) in [6, 6.07) is 8.31. The zero-order chi connectivity index (χ0) is 16.3. The molecular formula is C15H16FNO4S. The van der Waals surface area contributed by atoms with E-state index in [1.165, 1.54) is 38.5 Å². The molecule has 0 heterocycles. The summed E-state index contributed by atoms with van der Waals surface area (Å²) < 4.78 is 50.9. The van der Waals surface area contributed by atoms with Crippen LogP contribution in [0.25, 0.3) is 0 Å². The second-order valence-corrected chi connectivity index (χ2v) is 6.23. The van der Waals surface area contributed by atoms with Crippen LogP contribution in [0.2, 0.25) is 0 Å². The quantitative estimate of drug-likeness (QED) is 0.918. The van der Waals surface area contributed by atoms with E-state index in [4.69, 9.17) is 9.47 Å². The van der Waals surface area contributed by atoms with E-state index >= 15 is 0 Å². The number of aryl methyl sites for hydroxylation is 1. The molecule has 5 nitrogen and oxygen atoms in total. The van der Waals surface area contributed by atoms with Gasteiger partial charge in [-0.3, -0.25) is 4.72 Å². The zero-order valence-corrected chi connectivity index (χ0v) is 13.2. The van der Waals surface area contributed by atoms with Gasteiger partial charge in [0.05, 0.1) is 19.9 Å². The van der Waals surface area contributed by atoms with Crippen LogP contribution in [0.1, 0.15) is 5.56 Å². The van der Waals surface area contributed by atoms with Gasteiger partial charge in [0, 0.05) is 6.07 Å². The predicted molar refractivity (Wildman–Crippen MR) is 81.5 cm³/mol. The van der Waals surface area contributed by atoms with Crippen molar-refractivity contribution in [1.29, 1.82) is 0 Å². The molecule has 2 rings (SSSR count). The minimum absolute atomic E-state index is 0.0852. The van der Waals surface area contributed by atoms with Gasteiger partial charge in [-0.2, -0.15) is 0 Å². The van der Waals surface area contributed by atoms with Crippen LogP contribution in [-0.2, 0) is 10.0 Å². The maximum absolute atomic E-state index is 13.3. The first kappa shape index (κ1) is 16.1. The molecule has 0 amide bonds. The highest BCUT2D eigenvalue weighted by Crippen LogP contribution is 2.30. The molecule has 0 atom stereocenters. The molecule has 22 heavy (non-hydrogen) atoms. The van der Waals surface area contributed by atoms with Gasteiger partial charge < -0.3 is 9.47 Å². The van der Waals surface area contributed by atoms with Crippen LogP contribution in [-0.4, -0.2) is 22.6 Å². The van der Waals surface area contributed by atoms with Crippen LogP contribution >= 0.6 is 0 Å². The largest absolute Gasteiger partial charge is 0.497 e. The highest BCUT2D eigenvalue weighted by Gasteiger charge is 2.21. The summed E-state index contributed by atoms with van der Waals surface area (Å²) >= 11 is 0. The standard InChI is InChI=1S/C15H16FNO4S/c1-10-4-5-11(16)8-13(10)17-22(18,19)15-9-12(20-2)6-7-14(15)21-3/h4-9,17H,1-3H3. The SMILES string of the molecule is COc1ccc(OC)c(S(=O)(=O)Nc2cc(F)ccc2C)c1. The molecule has 2 aromatic carbocycles. The fraction of sp³-hybridized carbons (Fsp3) is 0.200. The Kier molecular flexibility index (Phi) is 4.56. The summed E-state index contributed by atoms with van der Waals surface area (Å²) in [6.45, 7) is 1.68. The van der Waals surface area contributed by atoms with Crippen molar-refractivity contribution < 1.29 is 22.3 Å². The predicted octanol–water partition coefficient (Wildman–Crippen LogP) is 2.95. The Morgan fingerprint density at radius 1 is 1.05 bits per heavy atom. The van der Waals surface area contributed by atoms with Crippen LogP contribution in [0.4, 0.5) is 10.1 Å². The number of rotatable bonds is 5. The van der Waals surface area contributed by atoms with Gasteiger partial charge in [-0.1, -0.05) is 6.07 Å². The van der Waals surface area contributed by atoms with Crippen molar-refractivity contribution in [2.75, 3.05) is 18.9 Å². The summed E-state index contributed by atoms with van der Waals surface area (Å²) in [4.78, 5) is -0.0852. The lowest BCUT2D eigenvalue weighted by molar-refractivity contribution is 0.392. The van der Waals surface area contributed by atoms with E-state index in [9.17, 15) is 12.8 Å². The minimum atomic E-state index is -3.95. The van der Waals surface area contributed by atoms with Gasteiger partial charge in [0.25, 0.3) is 10.0 Å². The van der Waals surface area contributed by atoms with Crippen LogP contribution in [0.15, 0.2) is 41.3 Å². The molecule has 118 valence electrons. The van der Waals surface area contributed by atoms with Crippen molar-refractivity contribution in [2.45, 2.75) is 11.8 Å². The molecule has 2 aromatic rings. The minimum Gasteiger partial charge on any atom is -0.497 e. The molecule has 0 fully saturated rings. The van der Waals surface area contributed by atoms with Gasteiger partial charge in [-0.05, 0) is 36.8 Å². The Balaban J connectivity index is 2.48. The van der Waals surface area contributed by atoms with Gasteiger partial charge in [0.1, 0.15) is 22.2 Å². The highest BCUT2D eigenvalue weighted by atomic mass is 32.2. The Hall–Kier alpha value is -2.28. The van der Waals surface area contributed by atoms with Crippen molar-refractivity contribution in [3.05, 3.63) is 47.8 Å². The topological polar surface area (TPSA) is 64.6 Å². The third kappa shape index (κ3) is 3.30. The molecule has 0 saturated carbocycles. The molecule has 7 heteroatoms. The number of benzene rings is 2. The summed E-state index contributed by atoms with van der Waals surface area (Å²) in [7, 11) is -1.15. The van der Waals surface area contributed by atoms with Gasteiger partial charge >= 0.3 is 0 Å². The third-order valence-electron chi connectivity index (χ3n) is 3.10. The Morgan fingerprint density at radius 3 is 2.41 bits per heavy atom. The lowest BCUT2D eigenvalue weighted by Crippen LogP contribution is -2.15. The molecule has 0 aliphatic rings. The monoisotopic (exact) mass is 325 g/mol. The fourth-order valence-corrected chi connectivity index (χ4v) is 3.20. The number of halogens is 1. The molecule has 0 saturated heterocycles. The van der Waals surface area contributed by atoms with Gasteiger partial charge in [0.15, 0.2) is 0 Å². The number of hydrogen-bond donors (Lipinski definition) is 1. The average Bonchev–Trinajstić information content (AvgIpc) is 2.50. The molecular weight excluding hydrogens is 309 g/mol.